The van der Waals surface area contributed by atoms with Gasteiger partial charge in [-0.1, -0.05) is 48.5 Å². The number of hydroxylamine groups is 1. The molecule has 0 saturated heterocycles. The van der Waals surface area contributed by atoms with Crippen LogP contribution in [0.15, 0.2) is 66.7 Å². The largest absolute Gasteiger partial charge is 0.352 e. The summed E-state index contributed by atoms with van der Waals surface area (Å²) in [6.45, 7) is 0.518. The summed E-state index contributed by atoms with van der Waals surface area (Å²) in [5.74, 6) is -0.677. The molecule has 0 aromatic heterocycles. The zero-order chi connectivity index (χ0) is 17.2. The van der Waals surface area contributed by atoms with Crippen LogP contribution in [0, 0.1) is 0 Å². The Labute approximate surface area is 141 Å². The highest BCUT2D eigenvalue weighted by Gasteiger charge is 2.05. The molecular weight excluding hydrogens is 304 g/mol. The second kappa shape index (κ2) is 9.27. The van der Waals surface area contributed by atoms with Gasteiger partial charge in [-0.3, -0.25) is 14.8 Å². The third-order valence-electron chi connectivity index (χ3n) is 3.47. The van der Waals surface area contributed by atoms with Crippen molar-refractivity contribution in [3.8, 4) is 11.1 Å². The summed E-state index contributed by atoms with van der Waals surface area (Å²) < 4.78 is 0. The van der Waals surface area contributed by atoms with Crippen LogP contribution in [0.4, 0.5) is 0 Å². The average molecular weight is 324 g/mol. The van der Waals surface area contributed by atoms with Gasteiger partial charge in [0.25, 0.3) is 11.8 Å². The van der Waals surface area contributed by atoms with E-state index in [1.165, 1.54) is 11.6 Å². The quantitative estimate of drug-likeness (QED) is 0.317. The molecule has 0 aliphatic carbocycles. The van der Waals surface area contributed by atoms with Gasteiger partial charge in [-0.25, -0.2) is 5.48 Å². The van der Waals surface area contributed by atoms with Crippen molar-refractivity contribution in [3.05, 3.63) is 72.3 Å². The molecule has 0 atom stereocenters. The van der Waals surface area contributed by atoms with E-state index in [2.05, 4.69) is 5.32 Å². The van der Waals surface area contributed by atoms with Gasteiger partial charge in [-0.15, -0.1) is 0 Å². The molecular formula is C19H20N2O3. The monoisotopic (exact) mass is 324 g/mol. The first-order chi connectivity index (χ1) is 11.7. The van der Waals surface area contributed by atoms with Gasteiger partial charge in [0, 0.05) is 18.2 Å². The number of carbonyl (C=O) groups is 2. The normalized spacial score (nSPS) is 10.5. The van der Waals surface area contributed by atoms with E-state index in [1.54, 1.807) is 6.08 Å². The van der Waals surface area contributed by atoms with E-state index in [1.807, 2.05) is 54.6 Å². The van der Waals surface area contributed by atoms with Crippen LogP contribution in [0.1, 0.15) is 23.2 Å². The van der Waals surface area contributed by atoms with Crippen molar-refractivity contribution < 1.29 is 14.8 Å². The molecule has 0 aliphatic rings. The van der Waals surface area contributed by atoms with E-state index < -0.39 is 5.91 Å². The van der Waals surface area contributed by atoms with Gasteiger partial charge < -0.3 is 5.32 Å². The van der Waals surface area contributed by atoms with Crippen molar-refractivity contribution in [3.63, 3.8) is 0 Å². The molecule has 2 rings (SSSR count). The highest BCUT2D eigenvalue weighted by atomic mass is 16.5. The van der Waals surface area contributed by atoms with E-state index >= 15 is 0 Å². The Morgan fingerprint density at radius 1 is 0.958 bits per heavy atom. The maximum Gasteiger partial charge on any atom is 0.267 e. The molecule has 0 saturated carbocycles. The van der Waals surface area contributed by atoms with E-state index in [-0.39, 0.29) is 5.91 Å². The van der Waals surface area contributed by atoms with Gasteiger partial charge in [-0.2, -0.15) is 0 Å². The number of amides is 2. The van der Waals surface area contributed by atoms with Crippen LogP contribution in [-0.2, 0) is 4.79 Å². The fourth-order valence-corrected chi connectivity index (χ4v) is 2.20. The number of hydrogen-bond acceptors (Lipinski definition) is 3. The Morgan fingerprint density at radius 3 is 2.29 bits per heavy atom. The van der Waals surface area contributed by atoms with Gasteiger partial charge in [-0.05, 0) is 36.1 Å². The van der Waals surface area contributed by atoms with Crippen molar-refractivity contribution in [1.29, 1.82) is 0 Å². The smallest absolute Gasteiger partial charge is 0.267 e. The van der Waals surface area contributed by atoms with E-state index in [4.69, 9.17) is 5.21 Å². The van der Waals surface area contributed by atoms with Gasteiger partial charge in [0.15, 0.2) is 0 Å². The van der Waals surface area contributed by atoms with Crippen LogP contribution in [0.25, 0.3) is 11.1 Å². The Bertz CT molecular complexity index is 694. The zero-order valence-electron chi connectivity index (χ0n) is 13.2. The van der Waals surface area contributed by atoms with Crippen LogP contribution in [-0.4, -0.2) is 23.6 Å². The molecule has 2 amide bonds. The van der Waals surface area contributed by atoms with Gasteiger partial charge in [0.2, 0.25) is 0 Å². The summed E-state index contributed by atoms with van der Waals surface area (Å²) in [6, 6.07) is 17.5. The molecule has 5 nitrogen and oxygen atoms in total. The summed E-state index contributed by atoms with van der Waals surface area (Å²) in [7, 11) is 0. The molecule has 124 valence electrons. The number of benzene rings is 2. The second-order valence-corrected chi connectivity index (χ2v) is 5.22. The summed E-state index contributed by atoms with van der Waals surface area (Å²) in [6.07, 6.45) is 4.25. The number of nitrogens with one attached hydrogen (secondary N) is 2. The molecule has 24 heavy (non-hydrogen) atoms. The van der Waals surface area contributed by atoms with Crippen LogP contribution in [0.5, 0.6) is 0 Å². The highest BCUT2D eigenvalue weighted by Crippen LogP contribution is 2.19. The average Bonchev–Trinajstić information content (AvgIpc) is 2.65. The predicted octanol–water partition coefficient (Wildman–Crippen LogP) is 2.93. The molecule has 0 unspecified atom stereocenters. The fraction of sp³-hybridized carbons (Fsp3) is 0.158. The van der Waals surface area contributed by atoms with E-state index in [9.17, 15) is 9.59 Å². The fourth-order valence-electron chi connectivity index (χ4n) is 2.20. The molecule has 0 heterocycles. The third-order valence-corrected chi connectivity index (χ3v) is 3.47. The van der Waals surface area contributed by atoms with E-state index in [0.29, 0.717) is 24.9 Å². The number of hydrogen-bond donors (Lipinski definition) is 3. The first kappa shape index (κ1) is 17.4. The molecule has 0 radical (unpaired) electrons. The van der Waals surface area contributed by atoms with Crippen molar-refractivity contribution in [1.82, 2.24) is 10.8 Å². The Hall–Kier alpha value is -2.92. The summed E-state index contributed by atoms with van der Waals surface area (Å²) in [4.78, 5) is 22.8. The molecule has 0 bridgehead atoms. The minimum atomic E-state index is -0.558. The van der Waals surface area contributed by atoms with Crippen molar-refractivity contribution in [2.24, 2.45) is 0 Å². The SMILES string of the molecule is O=C(C=CCCCNC(=O)c1ccc(-c2ccccc2)cc1)NO. The van der Waals surface area contributed by atoms with Crippen molar-refractivity contribution >= 4 is 11.8 Å². The van der Waals surface area contributed by atoms with Gasteiger partial charge in [0.05, 0.1) is 0 Å². The third kappa shape index (κ3) is 5.37. The lowest BCUT2D eigenvalue weighted by atomic mass is 10.0. The maximum atomic E-state index is 12.1. The van der Waals surface area contributed by atoms with Crippen LogP contribution >= 0.6 is 0 Å². The maximum absolute atomic E-state index is 12.1. The second-order valence-electron chi connectivity index (χ2n) is 5.22. The van der Waals surface area contributed by atoms with Gasteiger partial charge >= 0.3 is 0 Å². The first-order valence-electron chi connectivity index (χ1n) is 7.75. The molecule has 2 aromatic rings. The molecule has 2 aromatic carbocycles. The predicted molar refractivity (Wildman–Crippen MR) is 92.5 cm³/mol. The summed E-state index contributed by atoms with van der Waals surface area (Å²) in [5.41, 5.74) is 4.32. The Morgan fingerprint density at radius 2 is 1.62 bits per heavy atom. The topological polar surface area (TPSA) is 78.4 Å². The molecule has 0 fully saturated rings. The lowest BCUT2D eigenvalue weighted by Crippen LogP contribution is -2.24. The minimum Gasteiger partial charge on any atom is -0.352 e. The number of allylic oxidation sites excluding steroid dienone is 1. The molecule has 0 aliphatic heterocycles. The summed E-state index contributed by atoms with van der Waals surface area (Å²) >= 11 is 0. The van der Waals surface area contributed by atoms with Gasteiger partial charge in [0.1, 0.15) is 0 Å². The standard InChI is InChI=1S/C19H20N2O3/c22-18(21-24)9-5-2-6-14-20-19(23)17-12-10-16(11-13-17)15-7-3-1-4-8-15/h1,3-5,7-13,24H,2,6,14H2,(H,20,23)(H,21,22). The molecule has 3 N–H and O–H groups in total. The summed E-state index contributed by atoms with van der Waals surface area (Å²) in [5, 5.41) is 11.2. The lowest BCUT2D eigenvalue weighted by molar-refractivity contribution is -0.124. The van der Waals surface area contributed by atoms with Crippen LogP contribution in [0.2, 0.25) is 0 Å². The Kier molecular flexibility index (Phi) is 6.73. The van der Waals surface area contributed by atoms with Crippen LogP contribution in [0.3, 0.4) is 0 Å². The number of carbonyl (C=O) groups excluding carboxylic acids is 2. The van der Waals surface area contributed by atoms with Crippen LogP contribution < -0.4 is 10.8 Å². The van der Waals surface area contributed by atoms with Crippen molar-refractivity contribution in [2.75, 3.05) is 6.54 Å². The number of unbranched alkanes of at least 4 members (excludes halogenated alkanes) is 1. The van der Waals surface area contributed by atoms with Crippen molar-refractivity contribution in [2.45, 2.75) is 12.8 Å². The number of rotatable bonds is 7. The zero-order valence-corrected chi connectivity index (χ0v) is 13.2. The lowest BCUT2D eigenvalue weighted by Gasteiger charge is -2.06. The van der Waals surface area contributed by atoms with E-state index in [0.717, 1.165) is 11.1 Å². The minimum absolute atomic E-state index is 0.119. The Balaban J connectivity index is 1.79. The molecule has 5 heteroatoms. The highest BCUT2D eigenvalue weighted by molar-refractivity contribution is 5.94. The first-order valence-corrected chi connectivity index (χ1v) is 7.75. The molecule has 0 spiro atoms.